The minimum atomic E-state index is -3.94. The molecule has 0 saturated carbocycles. The molecule has 0 aliphatic heterocycles. The van der Waals surface area contributed by atoms with E-state index in [2.05, 4.69) is 5.32 Å². The molecule has 0 fully saturated rings. The zero-order chi connectivity index (χ0) is 23.8. The summed E-state index contributed by atoms with van der Waals surface area (Å²) in [6.45, 7) is -0.0813. The van der Waals surface area contributed by atoms with Crippen molar-refractivity contribution in [3.63, 3.8) is 0 Å². The highest BCUT2D eigenvalue weighted by atomic mass is 35.5. The van der Waals surface area contributed by atoms with Crippen LogP contribution in [-0.2, 0) is 27.9 Å². The zero-order valence-electron chi connectivity index (χ0n) is 18.3. The van der Waals surface area contributed by atoms with Crippen LogP contribution in [0.2, 0.25) is 5.02 Å². The molecule has 0 spiro atoms. The number of ether oxygens (including phenoxy) is 2. The topological polar surface area (TPSA) is 84.9 Å². The molecule has 1 N–H and O–H groups in total. The largest absolute Gasteiger partial charge is 0.493 e. The summed E-state index contributed by atoms with van der Waals surface area (Å²) in [4.78, 5) is 12.8. The van der Waals surface area contributed by atoms with Crippen molar-refractivity contribution in [1.82, 2.24) is 9.62 Å². The van der Waals surface area contributed by atoms with E-state index in [4.69, 9.17) is 21.1 Å². The summed E-state index contributed by atoms with van der Waals surface area (Å²) in [7, 11) is -0.862. The molecule has 174 valence electrons. The number of benzene rings is 3. The zero-order valence-corrected chi connectivity index (χ0v) is 19.9. The van der Waals surface area contributed by atoms with Gasteiger partial charge in [0.15, 0.2) is 11.5 Å². The van der Waals surface area contributed by atoms with Crippen LogP contribution in [-0.4, -0.2) is 39.4 Å². The van der Waals surface area contributed by atoms with E-state index >= 15 is 0 Å². The lowest BCUT2D eigenvalue weighted by Crippen LogP contribution is -2.40. The van der Waals surface area contributed by atoms with E-state index in [1.165, 1.54) is 31.4 Å². The lowest BCUT2D eigenvalue weighted by molar-refractivity contribution is -0.121. The smallest absolute Gasteiger partial charge is 0.243 e. The summed E-state index contributed by atoms with van der Waals surface area (Å²) in [5.41, 5.74) is 1.55. The molecule has 0 atom stereocenters. The van der Waals surface area contributed by atoms with Crippen molar-refractivity contribution in [2.24, 2.45) is 0 Å². The predicted octanol–water partition coefficient (Wildman–Crippen LogP) is 3.86. The molecule has 33 heavy (non-hydrogen) atoms. The van der Waals surface area contributed by atoms with E-state index < -0.39 is 15.9 Å². The van der Waals surface area contributed by atoms with E-state index in [0.29, 0.717) is 16.5 Å². The van der Waals surface area contributed by atoms with Gasteiger partial charge in [-0.1, -0.05) is 48.0 Å². The maximum Gasteiger partial charge on any atom is 0.243 e. The lowest BCUT2D eigenvalue weighted by atomic mass is 10.2. The van der Waals surface area contributed by atoms with E-state index in [0.717, 1.165) is 15.4 Å². The SMILES string of the molecule is COc1ccc(CNC(=O)CN(Cc2ccccc2)S(=O)(=O)c2ccc(Cl)cc2)cc1OC. The van der Waals surface area contributed by atoms with Crippen LogP contribution < -0.4 is 14.8 Å². The Kier molecular flexibility index (Phi) is 8.32. The van der Waals surface area contributed by atoms with Crippen molar-refractivity contribution in [3.8, 4) is 11.5 Å². The van der Waals surface area contributed by atoms with Gasteiger partial charge in [-0.15, -0.1) is 0 Å². The number of carbonyl (C=O) groups is 1. The Balaban J connectivity index is 1.76. The van der Waals surface area contributed by atoms with Crippen LogP contribution in [0, 0.1) is 0 Å². The van der Waals surface area contributed by atoms with Gasteiger partial charge in [0.2, 0.25) is 15.9 Å². The first-order valence-corrected chi connectivity index (χ1v) is 11.9. The number of hydrogen-bond acceptors (Lipinski definition) is 5. The number of sulfonamides is 1. The molecule has 0 aromatic heterocycles. The Morgan fingerprint density at radius 1 is 0.909 bits per heavy atom. The van der Waals surface area contributed by atoms with Crippen LogP contribution in [0.5, 0.6) is 11.5 Å². The fourth-order valence-electron chi connectivity index (χ4n) is 3.18. The third-order valence-electron chi connectivity index (χ3n) is 4.91. The van der Waals surface area contributed by atoms with Crippen molar-refractivity contribution < 1.29 is 22.7 Å². The number of methoxy groups -OCH3 is 2. The monoisotopic (exact) mass is 488 g/mol. The van der Waals surface area contributed by atoms with Crippen molar-refractivity contribution in [1.29, 1.82) is 0 Å². The molecule has 0 saturated heterocycles. The van der Waals surface area contributed by atoms with Gasteiger partial charge < -0.3 is 14.8 Å². The highest BCUT2D eigenvalue weighted by Gasteiger charge is 2.27. The normalized spacial score (nSPS) is 11.3. The Hall–Kier alpha value is -3.07. The molecule has 3 aromatic rings. The third kappa shape index (κ3) is 6.47. The maximum atomic E-state index is 13.3. The number of nitrogens with zero attached hydrogens (tertiary/aromatic N) is 1. The van der Waals surface area contributed by atoms with Crippen LogP contribution in [0.3, 0.4) is 0 Å². The van der Waals surface area contributed by atoms with Gasteiger partial charge in [-0.25, -0.2) is 8.42 Å². The standard InChI is InChI=1S/C24H25ClN2O5S/c1-31-22-13-8-19(14-23(22)32-2)15-26-24(28)17-27(16-18-6-4-3-5-7-18)33(29,30)21-11-9-20(25)10-12-21/h3-14H,15-17H2,1-2H3,(H,26,28). The third-order valence-corrected chi connectivity index (χ3v) is 6.97. The molecular weight excluding hydrogens is 464 g/mol. The Bertz CT molecular complexity index is 1190. The van der Waals surface area contributed by atoms with E-state index in [1.807, 2.05) is 30.3 Å². The van der Waals surface area contributed by atoms with E-state index in [1.54, 1.807) is 25.3 Å². The molecule has 0 aliphatic rings. The minimum Gasteiger partial charge on any atom is -0.493 e. The highest BCUT2D eigenvalue weighted by Crippen LogP contribution is 2.27. The van der Waals surface area contributed by atoms with Crippen LogP contribution in [0.25, 0.3) is 0 Å². The number of nitrogens with one attached hydrogen (secondary N) is 1. The molecule has 9 heteroatoms. The predicted molar refractivity (Wildman–Crippen MR) is 127 cm³/mol. The van der Waals surface area contributed by atoms with Crippen LogP contribution in [0.4, 0.5) is 0 Å². The molecule has 0 bridgehead atoms. The molecule has 0 heterocycles. The average molecular weight is 489 g/mol. The molecule has 0 aliphatic carbocycles. The molecule has 1 amide bonds. The summed E-state index contributed by atoms with van der Waals surface area (Å²) in [6, 6.07) is 20.3. The molecule has 0 unspecified atom stereocenters. The first-order valence-electron chi connectivity index (χ1n) is 10.1. The van der Waals surface area contributed by atoms with Gasteiger partial charge in [-0.05, 0) is 47.5 Å². The summed E-state index contributed by atoms with van der Waals surface area (Å²) in [5.74, 6) is 0.689. The first-order chi connectivity index (χ1) is 15.8. The number of amides is 1. The molecule has 3 aromatic carbocycles. The highest BCUT2D eigenvalue weighted by molar-refractivity contribution is 7.89. The van der Waals surface area contributed by atoms with Crippen molar-refractivity contribution in [3.05, 3.63) is 88.9 Å². The van der Waals surface area contributed by atoms with Gasteiger partial charge in [0, 0.05) is 18.1 Å². The fourth-order valence-corrected chi connectivity index (χ4v) is 4.69. The van der Waals surface area contributed by atoms with Crippen molar-refractivity contribution in [2.45, 2.75) is 18.0 Å². The number of rotatable bonds is 10. The Labute approximate surface area is 198 Å². The Morgan fingerprint density at radius 2 is 1.58 bits per heavy atom. The minimum absolute atomic E-state index is 0.0512. The van der Waals surface area contributed by atoms with Crippen LogP contribution in [0.1, 0.15) is 11.1 Å². The second kappa shape index (κ2) is 11.2. The number of hydrogen-bond donors (Lipinski definition) is 1. The summed E-state index contributed by atoms with van der Waals surface area (Å²) in [5, 5.41) is 3.20. The van der Waals surface area contributed by atoms with Crippen LogP contribution >= 0.6 is 11.6 Å². The molecule has 3 rings (SSSR count). The van der Waals surface area contributed by atoms with Gasteiger partial charge in [0.25, 0.3) is 0 Å². The summed E-state index contributed by atoms with van der Waals surface area (Å²) < 4.78 is 38.2. The summed E-state index contributed by atoms with van der Waals surface area (Å²) in [6.07, 6.45) is 0. The maximum absolute atomic E-state index is 13.3. The number of carbonyl (C=O) groups excluding carboxylic acids is 1. The Morgan fingerprint density at radius 3 is 2.21 bits per heavy atom. The molecule has 0 radical (unpaired) electrons. The quantitative estimate of drug-likeness (QED) is 0.468. The summed E-state index contributed by atoms with van der Waals surface area (Å²) >= 11 is 5.91. The second-order valence-corrected chi connectivity index (χ2v) is 9.55. The van der Waals surface area contributed by atoms with Gasteiger partial charge >= 0.3 is 0 Å². The fraction of sp³-hybridized carbons (Fsp3) is 0.208. The van der Waals surface area contributed by atoms with Gasteiger partial charge in [0.1, 0.15) is 0 Å². The van der Waals surface area contributed by atoms with Crippen molar-refractivity contribution in [2.75, 3.05) is 20.8 Å². The van der Waals surface area contributed by atoms with E-state index in [9.17, 15) is 13.2 Å². The van der Waals surface area contributed by atoms with Gasteiger partial charge in [-0.3, -0.25) is 4.79 Å². The second-order valence-electron chi connectivity index (χ2n) is 7.18. The van der Waals surface area contributed by atoms with E-state index in [-0.39, 0.29) is 24.5 Å². The van der Waals surface area contributed by atoms with Gasteiger partial charge in [0.05, 0.1) is 25.7 Å². The first kappa shape index (κ1) is 24.6. The van der Waals surface area contributed by atoms with Gasteiger partial charge in [-0.2, -0.15) is 4.31 Å². The molecular formula is C24H25ClN2O5S. The number of halogens is 1. The van der Waals surface area contributed by atoms with Crippen molar-refractivity contribution >= 4 is 27.5 Å². The lowest BCUT2D eigenvalue weighted by Gasteiger charge is -2.22. The average Bonchev–Trinajstić information content (AvgIpc) is 2.83. The molecule has 7 nitrogen and oxygen atoms in total. The van der Waals surface area contributed by atoms with Crippen LogP contribution in [0.15, 0.2) is 77.7 Å².